The van der Waals surface area contributed by atoms with Crippen molar-refractivity contribution in [2.45, 2.75) is 25.9 Å². The molecule has 2 rings (SSSR count). The highest BCUT2D eigenvalue weighted by Gasteiger charge is 2.31. The molecule has 1 fully saturated rings. The first-order valence-corrected chi connectivity index (χ1v) is 7.08. The summed E-state index contributed by atoms with van der Waals surface area (Å²) in [6.07, 6.45) is 1.54. The number of nitrogens with zero attached hydrogens (tertiary/aromatic N) is 2. The highest BCUT2D eigenvalue weighted by Crippen LogP contribution is 2.29. The lowest BCUT2D eigenvalue weighted by Crippen LogP contribution is -2.45. The second-order valence-electron chi connectivity index (χ2n) is 6.06. The number of aliphatic hydroxyl groups excluding tert-OH is 2. The molecule has 0 aliphatic carbocycles. The van der Waals surface area contributed by atoms with Gasteiger partial charge < -0.3 is 10.2 Å². The average Bonchev–Trinajstić information content (AvgIpc) is 2.47. The lowest BCUT2D eigenvalue weighted by molar-refractivity contribution is 0.0210. The molecule has 4 heteroatoms. The average molecular weight is 274 g/mol. The number of β-amino-alcohol motifs (C(OH)–C–C–N with tert-alkyl or cyclic N) is 1. The van der Waals surface area contributed by atoms with E-state index >= 15 is 0 Å². The molecule has 1 saturated heterocycles. The molecular weight excluding hydrogens is 252 g/mol. The normalized spacial score (nSPS) is 25.1. The standard InChI is InChI=1S/C16H22N2O2/c1-16(12-19)7-2-8-18(11-16)10-15(20)14-5-3-13(9-17)4-6-14/h3-6,15,19-20H,2,7-8,10-12H2,1H3. The smallest absolute Gasteiger partial charge is 0.0991 e. The minimum atomic E-state index is -0.552. The molecule has 0 aromatic heterocycles. The number of aliphatic hydroxyl groups is 2. The highest BCUT2D eigenvalue weighted by atomic mass is 16.3. The molecule has 1 heterocycles. The molecule has 1 aromatic carbocycles. The molecule has 0 bridgehead atoms. The summed E-state index contributed by atoms with van der Waals surface area (Å²) in [5.41, 5.74) is 1.38. The minimum absolute atomic E-state index is 0.0529. The van der Waals surface area contributed by atoms with Gasteiger partial charge in [0.25, 0.3) is 0 Å². The number of benzene rings is 1. The van der Waals surface area contributed by atoms with Crippen LogP contribution in [0, 0.1) is 16.7 Å². The van der Waals surface area contributed by atoms with E-state index in [1.54, 1.807) is 24.3 Å². The van der Waals surface area contributed by atoms with Crippen LogP contribution < -0.4 is 0 Å². The van der Waals surface area contributed by atoms with Crippen molar-refractivity contribution in [2.75, 3.05) is 26.2 Å². The van der Waals surface area contributed by atoms with Gasteiger partial charge in [0.15, 0.2) is 0 Å². The number of hydrogen-bond acceptors (Lipinski definition) is 4. The summed E-state index contributed by atoms with van der Waals surface area (Å²) in [4.78, 5) is 2.21. The van der Waals surface area contributed by atoms with Gasteiger partial charge in [-0.15, -0.1) is 0 Å². The van der Waals surface area contributed by atoms with Crippen LogP contribution in [-0.4, -0.2) is 41.4 Å². The van der Waals surface area contributed by atoms with E-state index in [4.69, 9.17) is 5.26 Å². The van der Waals surface area contributed by atoms with Crippen LogP contribution in [0.25, 0.3) is 0 Å². The first-order chi connectivity index (χ1) is 9.56. The number of likely N-dealkylation sites (tertiary alicyclic amines) is 1. The van der Waals surface area contributed by atoms with Crippen molar-refractivity contribution in [3.63, 3.8) is 0 Å². The predicted octanol–water partition coefficient (Wildman–Crippen LogP) is 1.69. The predicted molar refractivity (Wildman–Crippen MR) is 77.0 cm³/mol. The molecular formula is C16H22N2O2. The summed E-state index contributed by atoms with van der Waals surface area (Å²) >= 11 is 0. The maximum Gasteiger partial charge on any atom is 0.0991 e. The van der Waals surface area contributed by atoms with E-state index in [1.165, 1.54) is 0 Å². The second kappa shape index (κ2) is 6.36. The molecule has 1 aromatic rings. The number of rotatable bonds is 4. The van der Waals surface area contributed by atoms with Crippen LogP contribution in [0.3, 0.4) is 0 Å². The van der Waals surface area contributed by atoms with E-state index in [0.717, 1.165) is 31.5 Å². The lowest BCUT2D eigenvalue weighted by atomic mass is 9.82. The van der Waals surface area contributed by atoms with Crippen LogP contribution in [0.5, 0.6) is 0 Å². The fourth-order valence-corrected chi connectivity index (χ4v) is 2.84. The Balaban J connectivity index is 1.96. The zero-order valence-corrected chi connectivity index (χ0v) is 11.9. The van der Waals surface area contributed by atoms with Gasteiger partial charge in [-0.1, -0.05) is 19.1 Å². The van der Waals surface area contributed by atoms with Crippen molar-refractivity contribution in [3.8, 4) is 6.07 Å². The van der Waals surface area contributed by atoms with Gasteiger partial charge in [-0.25, -0.2) is 0 Å². The number of nitriles is 1. The quantitative estimate of drug-likeness (QED) is 0.876. The topological polar surface area (TPSA) is 67.5 Å². The molecule has 20 heavy (non-hydrogen) atoms. The molecule has 2 atom stereocenters. The van der Waals surface area contributed by atoms with Gasteiger partial charge in [0.1, 0.15) is 0 Å². The van der Waals surface area contributed by atoms with Crippen LogP contribution in [0.2, 0.25) is 0 Å². The summed E-state index contributed by atoms with van der Waals surface area (Å²) < 4.78 is 0. The summed E-state index contributed by atoms with van der Waals surface area (Å²) in [5, 5.41) is 28.5. The van der Waals surface area contributed by atoms with Gasteiger partial charge in [0, 0.05) is 25.1 Å². The van der Waals surface area contributed by atoms with Crippen molar-refractivity contribution < 1.29 is 10.2 Å². The number of piperidine rings is 1. The van der Waals surface area contributed by atoms with Gasteiger partial charge in [0.05, 0.1) is 17.7 Å². The first kappa shape index (κ1) is 15.0. The van der Waals surface area contributed by atoms with Crippen molar-refractivity contribution in [3.05, 3.63) is 35.4 Å². The lowest BCUT2D eigenvalue weighted by Gasteiger charge is -2.40. The highest BCUT2D eigenvalue weighted by molar-refractivity contribution is 5.32. The maximum atomic E-state index is 10.3. The van der Waals surface area contributed by atoms with E-state index in [0.29, 0.717) is 12.1 Å². The molecule has 0 spiro atoms. The van der Waals surface area contributed by atoms with E-state index in [1.807, 2.05) is 0 Å². The molecule has 1 aliphatic rings. The molecule has 0 saturated carbocycles. The molecule has 108 valence electrons. The third-order valence-electron chi connectivity index (χ3n) is 4.10. The Morgan fingerprint density at radius 3 is 2.70 bits per heavy atom. The molecule has 0 amide bonds. The van der Waals surface area contributed by atoms with Crippen molar-refractivity contribution in [1.29, 1.82) is 5.26 Å². The Kier molecular flexibility index (Phi) is 4.77. The maximum absolute atomic E-state index is 10.3. The van der Waals surface area contributed by atoms with Gasteiger partial charge >= 0.3 is 0 Å². The monoisotopic (exact) mass is 274 g/mol. The van der Waals surface area contributed by atoms with E-state index in [2.05, 4.69) is 17.9 Å². The van der Waals surface area contributed by atoms with Crippen LogP contribution >= 0.6 is 0 Å². The Bertz CT molecular complexity index is 480. The third-order valence-corrected chi connectivity index (χ3v) is 4.10. The Labute approximate surface area is 120 Å². The number of hydrogen-bond donors (Lipinski definition) is 2. The third kappa shape index (κ3) is 3.57. The van der Waals surface area contributed by atoms with Gasteiger partial charge in [-0.05, 0) is 37.1 Å². The molecule has 2 N–H and O–H groups in total. The van der Waals surface area contributed by atoms with Crippen LogP contribution in [0.15, 0.2) is 24.3 Å². The molecule has 2 unspecified atom stereocenters. The summed E-state index contributed by atoms with van der Waals surface area (Å²) in [5.74, 6) is 0. The zero-order valence-electron chi connectivity index (χ0n) is 11.9. The Morgan fingerprint density at radius 1 is 1.40 bits per heavy atom. The fraction of sp³-hybridized carbons (Fsp3) is 0.562. The Hall–Kier alpha value is -1.41. The second-order valence-corrected chi connectivity index (χ2v) is 6.06. The van der Waals surface area contributed by atoms with Crippen LogP contribution in [0.1, 0.15) is 37.0 Å². The fourth-order valence-electron chi connectivity index (χ4n) is 2.84. The van der Waals surface area contributed by atoms with Crippen LogP contribution in [0.4, 0.5) is 0 Å². The molecule has 4 nitrogen and oxygen atoms in total. The van der Waals surface area contributed by atoms with E-state index in [9.17, 15) is 10.2 Å². The minimum Gasteiger partial charge on any atom is -0.396 e. The summed E-state index contributed by atoms with van der Waals surface area (Å²) in [7, 11) is 0. The zero-order chi connectivity index (χ0) is 14.6. The van der Waals surface area contributed by atoms with Crippen molar-refractivity contribution >= 4 is 0 Å². The summed E-state index contributed by atoms with van der Waals surface area (Å²) in [6.45, 7) is 4.63. The molecule has 0 radical (unpaired) electrons. The van der Waals surface area contributed by atoms with E-state index in [-0.39, 0.29) is 12.0 Å². The van der Waals surface area contributed by atoms with Gasteiger partial charge in [0.2, 0.25) is 0 Å². The summed E-state index contributed by atoms with van der Waals surface area (Å²) in [6, 6.07) is 9.14. The van der Waals surface area contributed by atoms with Crippen molar-refractivity contribution in [1.82, 2.24) is 4.90 Å². The first-order valence-electron chi connectivity index (χ1n) is 7.08. The van der Waals surface area contributed by atoms with E-state index < -0.39 is 6.10 Å². The SMILES string of the molecule is CC1(CO)CCCN(CC(O)c2ccc(C#N)cc2)C1. The Morgan fingerprint density at radius 2 is 2.10 bits per heavy atom. The van der Waals surface area contributed by atoms with Crippen LogP contribution in [-0.2, 0) is 0 Å². The molecule has 1 aliphatic heterocycles. The van der Waals surface area contributed by atoms with Gasteiger partial charge in [-0.2, -0.15) is 5.26 Å². The largest absolute Gasteiger partial charge is 0.396 e. The van der Waals surface area contributed by atoms with Gasteiger partial charge in [-0.3, -0.25) is 4.90 Å². The van der Waals surface area contributed by atoms with Crippen molar-refractivity contribution in [2.24, 2.45) is 5.41 Å².